The second kappa shape index (κ2) is 6.10. The van der Waals surface area contributed by atoms with Gasteiger partial charge in [-0.2, -0.15) is 10.5 Å². The van der Waals surface area contributed by atoms with Gasteiger partial charge in [0.1, 0.15) is 13.1 Å². The van der Waals surface area contributed by atoms with Crippen molar-refractivity contribution in [1.29, 1.82) is 10.5 Å². The summed E-state index contributed by atoms with van der Waals surface area (Å²) in [7, 11) is 0. The molecule has 1 aromatic carbocycles. The molecule has 0 saturated carbocycles. The summed E-state index contributed by atoms with van der Waals surface area (Å²) in [6, 6.07) is 8.05. The minimum absolute atomic E-state index is 0.146. The average molecular weight is 268 g/mol. The molecular formula is C11H7Cl2N3O. The summed E-state index contributed by atoms with van der Waals surface area (Å²) in [6.45, 7) is -0.292. The van der Waals surface area contributed by atoms with Crippen LogP contribution in [0.25, 0.3) is 0 Å². The summed E-state index contributed by atoms with van der Waals surface area (Å²) in [5.41, 5.74) is 0.296. The van der Waals surface area contributed by atoms with Crippen molar-refractivity contribution >= 4 is 29.1 Å². The highest BCUT2D eigenvalue weighted by Crippen LogP contribution is 2.23. The molecule has 0 aromatic heterocycles. The molecule has 6 heteroatoms. The van der Waals surface area contributed by atoms with Crippen LogP contribution >= 0.6 is 23.2 Å². The van der Waals surface area contributed by atoms with Gasteiger partial charge in [0.2, 0.25) is 0 Å². The number of halogens is 2. The SMILES string of the molecule is N#CCN(CC#N)C(=O)c1ccc(Cl)c(Cl)c1. The third kappa shape index (κ3) is 3.35. The number of hydrogen-bond acceptors (Lipinski definition) is 3. The van der Waals surface area contributed by atoms with E-state index in [0.717, 1.165) is 4.90 Å². The first-order chi connectivity index (χ1) is 8.10. The molecule has 86 valence electrons. The van der Waals surface area contributed by atoms with Crippen molar-refractivity contribution in [2.45, 2.75) is 0 Å². The summed E-state index contributed by atoms with van der Waals surface area (Å²) in [5.74, 6) is -0.424. The van der Waals surface area contributed by atoms with Gasteiger partial charge < -0.3 is 4.90 Å². The summed E-state index contributed by atoms with van der Waals surface area (Å²) < 4.78 is 0. The van der Waals surface area contributed by atoms with E-state index in [1.807, 2.05) is 12.1 Å². The maximum absolute atomic E-state index is 11.9. The largest absolute Gasteiger partial charge is 0.312 e. The van der Waals surface area contributed by atoms with Gasteiger partial charge in [0, 0.05) is 5.56 Å². The van der Waals surface area contributed by atoms with Gasteiger partial charge >= 0.3 is 0 Å². The zero-order chi connectivity index (χ0) is 12.8. The molecule has 1 aromatic rings. The van der Waals surface area contributed by atoms with Gasteiger partial charge in [0.05, 0.1) is 22.2 Å². The second-order valence-corrected chi connectivity index (χ2v) is 3.92. The summed E-state index contributed by atoms with van der Waals surface area (Å²) in [5, 5.41) is 17.7. The maximum Gasteiger partial charge on any atom is 0.255 e. The quantitative estimate of drug-likeness (QED) is 0.791. The van der Waals surface area contributed by atoms with E-state index in [0.29, 0.717) is 10.6 Å². The molecule has 0 N–H and O–H groups in total. The number of nitrogens with zero attached hydrogens (tertiary/aromatic N) is 3. The molecule has 0 saturated heterocycles. The van der Waals surface area contributed by atoms with E-state index in [2.05, 4.69) is 0 Å². The van der Waals surface area contributed by atoms with Crippen molar-refractivity contribution in [3.63, 3.8) is 0 Å². The zero-order valence-corrected chi connectivity index (χ0v) is 10.2. The standard InChI is InChI=1S/C11H7Cl2N3O/c12-9-2-1-8(7-10(9)13)11(17)16(5-3-14)6-4-15/h1-2,7H,5-6H2. The monoisotopic (exact) mass is 267 g/mol. The summed E-state index contributed by atoms with van der Waals surface area (Å²) in [4.78, 5) is 13.0. The molecule has 0 heterocycles. The molecule has 1 rings (SSSR count). The number of nitriles is 2. The van der Waals surface area contributed by atoms with Crippen molar-refractivity contribution in [3.05, 3.63) is 33.8 Å². The van der Waals surface area contributed by atoms with Gasteiger partial charge in [0.15, 0.2) is 0 Å². The summed E-state index contributed by atoms with van der Waals surface area (Å²) in [6.07, 6.45) is 0. The highest BCUT2D eigenvalue weighted by molar-refractivity contribution is 6.42. The normalized spacial score (nSPS) is 9.18. The van der Waals surface area contributed by atoms with Crippen LogP contribution in [0.1, 0.15) is 10.4 Å². The van der Waals surface area contributed by atoms with Gasteiger partial charge in [-0.3, -0.25) is 4.79 Å². The molecule has 0 radical (unpaired) electrons. The van der Waals surface area contributed by atoms with Crippen LogP contribution in [0.15, 0.2) is 18.2 Å². The molecule has 0 fully saturated rings. The molecule has 0 aliphatic rings. The van der Waals surface area contributed by atoms with E-state index < -0.39 is 5.91 Å². The van der Waals surface area contributed by atoms with E-state index >= 15 is 0 Å². The molecule has 17 heavy (non-hydrogen) atoms. The Morgan fingerprint density at radius 2 is 1.76 bits per heavy atom. The van der Waals surface area contributed by atoms with E-state index in [1.165, 1.54) is 18.2 Å². The topological polar surface area (TPSA) is 67.9 Å². The second-order valence-electron chi connectivity index (χ2n) is 3.11. The Hall–Kier alpha value is -1.75. The molecule has 0 aliphatic heterocycles. The first kappa shape index (κ1) is 13.3. The number of rotatable bonds is 3. The van der Waals surface area contributed by atoms with Crippen LogP contribution in [0.3, 0.4) is 0 Å². The lowest BCUT2D eigenvalue weighted by Gasteiger charge is -2.15. The van der Waals surface area contributed by atoms with Crippen LogP contribution < -0.4 is 0 Å². The van der Waals surface area contributed by atoms with Crippen LogP contribution in [0.5, 0.6) is 0 Å². The lowest BCUT2D eigenvalue weighted by molar-refractivity contribution is 0.0794. The Kier molecular flexibility index (Phi) is 4.78. The average Bonchev–Trinajstić information content (AvgIpc) is 2.31. The fraction of sp³-hybridized carbons (Fsp3) is 0.182. The molecule has 0 aliphatic carbocycles. The molecular weight excluding hydrogens is 261 g/mol. The number of carbonyl (C=O) groups excluding carboxylic acids is 1. The van der Waals surface area contributed by atoms with Crippen molar-refractivity contribution in [1.82, 2.24) is 4.90 Å². The van der Waals surface area contributed by atoms with Crippen LogP contribution in [0.4, 0.5) is 0 Å². The van der Waals surface area contributed by atoms with Crippen molar-refractivity contribution < 1.29 is 4.79 Å². The zero-order valence-electron chi connectivity index (χ0n) is 8.65. The fourth-order valence-corrected chi connectivity index (χ4v) is 1.48. The van der Waals surface area contributed by atoms with Gasteiger partial charge in [-0.1, -0.05) is 23.2 Å². The van der Waals surface area contributed by atoms with Gasteiger partial charge in [-0.15, -0.1) is 0 Å². The Morgan fingerprint density at radius 1 is 1.18 bits per heavy atom. The van der Waals surface area contributed by atoms with E-state index in [1.54, 1.807) is 0 Å². The minimum atomic E-state index is -0.424. The van der Waals surface area contributed by atoms with Crippen LogP contribution in [-0.4, -0.2) is 23.9 Å². The Balaban J connectivity index is 2.98. The Bertz CT molecular complexity index is 500. The van der Waals surface area contributed by atoms with Crippen molar-refractivity contribution in [2.24, 2.45) is 0 Å². The van der Waals surface area contributed by atoms with Crippen LogP contribution in [0, 0.1) is 22.7 Å². The number of amides is 1. The van der Waals surface area contributed by atoms with Gasteiger partial charge in [-0.25, -0.2) is 0 Å². The number of benzene rings is 1. The fourth-order valence-electron chi connectivity index (χ4n) is 1.18. The third-order valence-electron chi connectivity index (χ3n) is 1.98. The third-order valence-corrected chi connectivity index (χ3v) is 2.72. The lowest BCUT2D eigenvalue weighted by Crippen LogP contribution is -2.31. The van der Waals surface area contributed by atoms with E-state index in [9.17, 15) is 4.79 Å². The molecule has 0 bridgehead atoms. The molecule has 1 amide bonds. The first-order valence-electron chi connectivity index (χ1n) is 4.58. The van der Waals surface area contributed by atoms with Crippen molar-refractivity contribution in [2.75, 3.05) is 13.1 Å². The van der Waals surface area contributed by atoms with Crippen LogP contribution in [-0.2, 0) is 0 Å². The minimum Gasteiger partial charge on any atom is -0.312 e. The number of carbonyl (C=O) groups is 1. The molecule has 0 unspecified atom stereocenters. The predicted molar refractivity (Wildman–Crippen MR) is 63.6 cm³/mol. The van der Waals surface area contributed by atoms with Gasteiger partial charge in [-0.05, 0) is 18.2 Å². The molecule has 0 spiro atoms. The number of hydrogen-bond donors (Lipinski definition) is 0. The molecule has 0 atom stereocenters. The van der Waals surface area contributed by atoms with Gasteiger partial charge in [0.25, 0.3) is 5.91 Å². The predicted octanol–water partition coefficient (Wildman–Crippen LogP) is 2.48. The highest BCUT2D eigenvalue weighted by Gasteiger charge is 2.15. The van der Waals surface area contributed by atoms with E-state index in [4.69, 9.17) is 33.7 Å². The molecule has 4 nitrogen and oxygen atoms in total. The maximum atomic E-state index is 11.9. The van der Waals surface area contributed by atoms with Crippen LogP contribution in [0.2, 0.25) is 10.0 Å². The smallest absolute Gasteiger partial charge is 0.255 e. The summed E-state index contributed by atoms with van der Waals surface area (Å²) >= 11 is 11.5. The Labute approximate surface area is 109 Å². The van der Waals surface area contributed by atoms with Crippen molar-refractivity contribution in [3.8, 4) is 12.1 Å². The first-order valence-corrected chi connectivity index (χ1v) is 5.34. The lowest BCUT2D eigenvalue weighted by atomic mass is 10.2. The Morgan fingerprint density at radius 3 is 2.24 bits per heavy atom. The van der Waals surface area contributed by atoms with E-state index in [-0.39, 0.29) is 18.1 Å². The highest BCUT2D eigenvalue weighted by atomic mass is 35.5.